The van der Waals surface area contributed by atoms with E-state index in [-0.39, 0.29) is 5.91 Å². The van der Waals surface area contributed by atoms with Gasteiger partial charge in [-0.3, -0.25) is 10.1 Å². The Kier molecular flexibility index (Phi) is 3.12. The molecule has 5 nitrogen and oxygen atoms in total. The molecule has 3 amide bonds. The van der Waals surface area contributed by atoms with Gasteiger partial charge >= 0.3 is 6.03 Å². The molecule has 0 spiro atoms. The first kappa shape index (κ1) is 13.0. The van der Waals surface area contributed by atoms with Gasteiger partial charge in [-0.1, -0.05) is 12.8 Å². The van der Waals surface area contributed by atoms with Crippen LogP contribution in [0, 0.1) is 13.8 Å². The largest absolute Gasteiger partial charge is 0.346 e. The molecule has 1 aliphatic carbocycles. The number of hydrogen-bond donors (Lipinski definition) is 2. The maximum atomic E-state index is 11.6. The number of aromatic nitrogens is 1. The molecule has 106 valence electrons. The van der Waals surface area contributed by atoms with Crippen molar-refractivity contribution in [2.45, 2.75) is 45.6 Å². The number of rotatable bonds is 2. The van der Waals surface area contributed by atoms with Gasteiger partial charge in [0.1, 0.15) is 5.70 Å². The topological polar surface area (TPSA) is 63.1 Å². The summed E-state index contributed by atoms with van der Waals surface area (Å²) in [5, 5.41) is 4.75. The van der Waals surface area contributed by atoms with Crippen LogP contribution in [0.2, 0.25) is 0 Å². The molecular weight excluding hydrogens is 254 g/mol. The highest BCUT2D eigenvalue weighted by atomic mass is 16.2. The summed E-state index contributed by atoms with van der Waals surface area (Å²) < 4.78 is 2.37. The number of amides is 3. The lowest BCUT2D eigenvalue weighted by Gasteiger charge is -2.17. The minimum absolute atomic E-state index is 0.321. The Labute approximate surface area is 118 Å². The summed E-state index contributed by atoms with van der Waals surface area (Å²) in [6.45, 7) is 4.17. The zero-order valence-corrected chi connectivity index (χ0v) is 11.8. The molecule has 2 N–H and O–H groups in total. The summed E-state index contributed by atoms with van der Waals surface area (Å²) in [5.41, 5.74) is 3.70. The molecule has 1 aliphatic heterocycles. The SMILES string of the molecule is Cc1cc(C=C2NC(=O)NC2=O)c(C)n1C1CCCC1. The third kappa shape index (κ3) is 2.13. The van der Waals surface area contributed by atoms with Crippen molar-refractivity contribution in [2.75, 3.05) is 0 Å². The molecule has 0 atom stereocenters. The molecule has 1 saturated heterocycles. The van der Waals surface area contributed by atoms with Crippen LogP contribution in [-0.2, 0) is 4.79 Å². The van der Waals surface area contributed by atoms with Crippen LogP contribution in [0.3, 0.4) is 0 Å². The first-order valence-corrected chi connectivity index (χ1v) is 7.08. The van der Waals surface area contributed by atoms with Crippen molar-refractivity contribution in [1.29, 1.82) is 0 Å². The van der Waals surface area contributed by atoms with E-state index in [1.54, 1.807) is 6.08 Å². The molecule has 0 radical (unpaired) electrons. The Morgan fingerprint density at radius 3 is 2.50 bits per heavy atom. The number of nitrogens with one attached hydrogen (secondary N) is 2. The minimum atomic E-state index is -0.453. The highest BCUT2D eigenvalue weighted by Crippen LogP contribution is 2.33. The van der Waals surface area contributed by atoms with Crippen molar-refractivity contribution in [2.24, 2.45) is 0 Å². The van der Waals surface area contributed by atoms with Crippen molar-refractivity contribution in [3.05, 3.63) is 28.7 Å². The van der Waals surface area contributed by atoms with Crippen molar-refractivity contribution >= 4 is 18.0 Å². The van der Waals surface area contributed by atoms with Crippen LogP contribution in [0.25, 0.3) is 6.08 Å². The fraction of sp³-hybridized carbons (Fsp3) is 0.467. The van der Waals surface area contributed by atoms with Crippen molar-refractivity contribution in [3.8, 4) is 0 Å². The summed E-state index contributed by atoms with van der Waals surface area (Å²) in [4.78, 5) is 22.7. The lowest BCUT2D eigenvalue weighted by molar-refractivity contribution is -0.115. The van der Waals surface area contributed by atoms with E-state index < -0.39 is 6.03 Å². The van der Waals surface area contributed by atoms with Gasteiger partial charge in [-0.05, 0) is 44.4 Å². The van der Waals surface area contributed by atoms with Crippen molar-refractivity contribution in [3.63, 3.8) is 0 Å². The van der Waals surface area contributed by atoms with Crippen molar-refractivity contribution < 1.29 is 9.59 Å². The predicted molar refractivity (Wildman–Crippen MR) is 76.1 cm³/mol. The second-order valence-electron chi connectivity index (χ2n) is 5.60. The van der Waals surface area contributed by atoms with Crippen LogP contribution >= 0.6 is 0 Å². The molecule has 2 aliphatic rings. The number of imide groups is 1. The lowest BCUT2D eigenvalue weighted by Crippen LogP contribution is -2.22. The molecule has 2 fully saturated rings. The van der Waals surface area contributed by atoms with Gasteiger partial charge in [0.15, 0.2) is 0 Å². The molecular formula is C15H19N3O2. The Morgan fingerprint density at radius 2 is 1.90 bits per heavy atom. The van der Waals surface area contributed by atoms with Gasteiger partial charge < -0.3 is 9.88 Å². The van der Waals surface area contributed by atoms with E-state index >= 15 is 0 Å². The van der Waals surface area contributed by atoms with Gasteiger partial charge in [0.2, 0.25) is 0 Å². The molecule has 1 aromatic heterocycles. The number of carbonyl (C=O) groups is 2. The van der Waals surface area contributed by atoms with Gasteiger partial charge in [-0.2, -0.15) is 0 Å². The molecule has 20 heavy (non-hydrogen) atoms. The number of nitrogens with zero attached hydrogens (tertiary/aromatic N) is 1. The smallest absolute Gasteiger partial charge is 0.326 e. The summed E-state index contributed by atoms with van der Waals surface area (Å²) >= 11 is 0. The van der Waals surface area contributed by atoms with Crippen LogP contribution in [0.5, 0.6) is 0 Å². The molecule has 0 bridgehead atoms. The fourth-order valence-electron chi connectivity index (χ4n) is 3.31. The van der Waals surface area contributed by atoms with Gasteiger partial charge in [-0.15, -0.1) is 0 Å². The molecule has 0 unspecified atom stereocenters. The zero-order valence-electron chi connectivity index (χ0n) is 11.8. The lowest BCUT2D eigenvalue weighted by atomic mass is 10.2. The van der Waals surface area contributed by atoms with E-state index in [1.165, 1.54) is 31.4 Å². The summed E-state index contributed by atoms with van der Waals surface area (Å²) in [6.07, 6.45) is 6.79. The standard InChI is InChI=1S/C15H19N3O2/c1-9-7-11(8-13-14(19)17-15(20)16-13)10(2)18(9)12-5-3-4-6-12/h7-8,12H,3-6H2,1-2H3,(H2,16,17,19,20). The normalized spacial score (nSPS) is 21.6. The molecule has 2 heterocycles. The van der Waals surface area contributed by atoms with Crippen LogP contribution in [0.1, 0.15) is 48.7 Å². The highest BCUT2D eigenvalue weighted by molar-refractivity contribution is 6.14. The van der Waals surface area contributed by atoms with Gasteiger partial charge in [-0.25, -0.2) is 4.79 Å². The van der Waals surface area contributed by atoms with E-state index in [1.807, 2.05) is 0 Å². The second-order valence-corrected chi connectivity index (χ2v) is 5.60. The Balaban J connectivity index is 1.95. The first-order valence-electron chi connectivity index (χ1n) is 7.08. The summed E-state index contributed by atoms with van der Waals surface area (Å²) in [5.74, 6) is -0.360. The van der Waals surface area contributed by atoms with Crippen molar-refractivity contribution in [1.82, 2.24) is 15.2 Å². The maximum Gasteiger partial charge on any atom is 0.326 e. The molecule has 5 heteroatoms. The summed E-state index contributed by atoms with van der Waals surface area (Å²) in [7, 11) is 0. The number of carbonyl (C=O) groups excluding carboxylic acids is 2. The van der Waals surface area contributed by atoms with Crippen LogP contribution < -0.4 is 10.6 Å². The van der Waals surface area contributed by atoms with Gasteiger partial charge in [0.25, 0.3) is 5.91 Å². The second kappa shape index (κ2) is 4.81. The fourth-order valence-corrected chi connectivity index (χ4v) is 3.31. The quantitative estimate of drug-likeness (QED) is 0.642. The zero-order chi connectivity index (χ0) is 14.3. The Hall–Kier alpha value is -2.04. The maximum absolute atomic E-state index is 11.6. The molecule has 0 aromatic carbocycles. The van der Waals surface area contributed by atoms with Gasteiger partial charge in [0, 0.05) is 17.4 Å². The number of hydrogen-bond acceptors (Lipinski definition) is 2. The van der Waals surface area contributed by atoms with Crippen LogP contribution in [0.4, 0.5) is 4.79 Å². The predicted octanol–water partition coefficient (Wildman–Crippen LogP) is 2.40. The molecule has 3 rings (SSSR count). The van der Waals surface area contributed by atoms with E-state index in [0.717, 1.165) is 11.3 Å². The average molecular weight is 273 g/mol. The number of aryl methyl sites for hydroxylation is 1. The Bertz CT molecular complexity index is 607. The van der Waals surface area contributed by atoms with Gasteiger partial charge in [0.05, 0.1) is 0 Å². The third-order valence-electron chi connectivity index (χ3n) is 4.23. The van der Waals surface area contributed by atoms with E-state index in [9.17, 15) is 9.59 Å². The van der Waals surface area contributed by atoms with E-state index in [2.05, 4.69) is 35.1 Å². The number of urea groups is 1. The first-order chi connectivity index (χ1) is 9.56. The average Bonchev–Trinajstić information content (AvgIpc) is 3.04. The van der Waals surface area contributed by atoms with E-state index in [0.29, 0.717) is 11.7 Å². The third-order valence-corrected chi connectivity index (χ3v) is 4.23. The van der Waals surface area contributed by atoms with E-state index in [4.69, 9.17) is 0 Å². The molecule has 1 aromatic rings. The summed E-state index contributed by atoms with van der Waals surface area (Å²) in [6, 6.07) is 2.21. The minimum Gasteiger partial charge on any atom is -0.346 e. The Morgan fingerprint density at radius 1 is 1.20 bits per heavy atom. The molecule has 1 saturated carbocycles. The highest BCUT2D eigenvalue weighted by Gasteiger charge is 2.25. The van der Waals surface area contributed by atoms with Crippen LogP contribution in [-0.4, -0.2) is 16.5 Å². The van der Waals surface area contributed by atoms with Crippen LogP contribution in [0.15, 0.2) is 11.8 Å². The monoisotopic (exact) mass is 273 g/mol.